The monoisotopic (exact) mass is 438 g/mol. The van der Waals surface area contributed by atoms with Crippen LogP contribution < -0.4 is 16.0 Å². The van der Waals surface area contributed by atoms with Crippen molar-refractivity contribution in [3.05, 3.63) is 84.2 Å². The lowest BCUT2D eigenvalue weighted by atomic mass is 9.75. The number of aromatic nitrogens is 1. The highest BCUT2D eigenvalue weighted by Crippen LogP contribution is 2.32. The molecule has 7 heteroatoms. The quantitative estimate of drug-likeness (QED) is 0.435. The number of hydrogen-bond donors (Lipinski definition) is 3. The molecule has 0 fully saturated rings. The van der Waals surface area contributed by atoms with Gasteiger partial charge in [-0.3, -0.25) is 4.98 Å². The van der Waals surface area contributed by atoms with Gasteiger partial charge in [-0.2, -0.15) is 0 Å². The second-order valence-corrected chi connectivity index (χ2v) is 7.74. The van der Waals surface area contributed by atoms with E-state index >= 15 is 0 Å². The SMILES string of the molecule is CCC(CCNC)(CNC(=O)Nc1ccc(F)c(F)c1)c1ccc(-c2cccnc2)cc1. The van der Waals surface area contributed by atoms with E-state index in [0.29, 0.717) is 6.54 Å². The number of pyridine rings is 1. The van der Waals surface area contributed by atoms with Crippen LogP contribution in [-0.4, -0.2) is 31.2 Å². The zero-order valence-corrected chi connectivity index (χ0v) is 18.3. The molecule has 1 unspecified atom stereocenters. The number of nitrogens with zero attached hydrogens (tertiary/aromatic N) is 1. The molecular weight excluding hydrogens is 410 g/mol. The molecule has 0 radical (unpaired) electrons. The molecule has 1 aromatic heterocycles. The molecule has 2 amide bonds. The number of anilines is 1. The summed E-state index contributed by atoms with van der Waals surface area (Å²) in [6.45, 7) is 3.28. The van der Waals surface area contributed by atoms with Gasteiger partial charge >= 0.3 is 6.03 Å². The van der Waals surface area contributed by atoms with Crippen molar-refractivity contribution in [1.29, 1.82) is 0 Å². The predicted molar refractivity (Wildman–Crippen MR) is 124 cm³/mol. The fourth-order valence-electron chi connectivity index (χ4n) is 3.75. The molecule has 0 spiro atoms. The van der Waals surface area contributed by atoms with E-state index in [-0.39, 0.29) is 11.1 Å². The summed E-state index contributed by atoms with van der Waals surface area (Å²) in [7, 11) is 1.90. The average molecular weight is 439 g/mol. The van der Waals surface area contributed by atoms with Gasteiger partial charge in [-0.25, -0.2) is 13.6 Å². The molecular formula is C25H28F2N4O. The van der Waals surface area contributed by atoms with Crippen LogP contribution in [-0.2, 0) is 5.41 Å². The first-order chi connectivity index (χ1) is 15.5. The van der Waals surface area contributed by atoms with Crippen molar-refractivity contribution in [3.63, 3.8) is 0 Å². The van der Waals surface area contributed by atoms with Gasteiger partial charge in [-0.15, -0.1) is 0 Å². The Morgan fingerprint density at radius 3 is 2.44 bits per heavy atom. The Hall–Kier alpha value is -3.32. The van der Waals surface area contributed by atoms with Gasteiger partial charge in [0, 0.05) is 36.1 Å². The van der Waals surface area contributed by atoms with E-state index in [2.05, 4.69) is 52.1 Å². The van der Waals surface area contributed by atoms with Gasteiger partial charge in [0.05, 0.1) is 0 Å². The van der Waals surface area contributed by atoms with E-state index < -0.39 is 17.7 Å². The van der Waals surface area contributed by atoms with E-state index in [1.807, 2.05) is 25.4 Å². The van der Waals surface area contributed by atoms with Crippen LogP contribution in [0.3, 0.4) is 0 Å². The number of hydrogen-bond acceptors (Lipinski definition) is 3. The zero-order valence-electron chi connectivity index (χ0n) is 18.3. The van der Waals surface area contributed by atoms with E-state index in [1.165, 1.54) is 6.07 Å². The largest absolute Gasteiger partial charge is 0.337 e. The number of benzene rings is 2. The molecule has 32 heavy (non-hydrogen) atoms. The molecule has 0 aliphatic rings. The predicted octanol–water partition coefficient (Wildman–Crippen LogP) is 5.11. The van der Waals surface area contributed by atoms with E-state index in [9.17, 15) is 13.6 Å². The van der Waals surface area contributed by atoms with Crippen LogP contribution in [0.4, 0.5) is 19.3 Å². The van der Waals surface area contributed by atoms with Crippen molar-refractivity contribution < 1.29 is 13.6 Å². The number of halogens is 2. The third-order valence-electron chi connectivity index (χ3n) is 5.79. The van der Waals surface area contributed by atoms with Gasteiger partial charge in [-0.1, -0.05) is 37.3 Å². The summed E-state index contributed by atoms with van der Waals surface area (Å²) in [5, 5.41) is 8.66. The third kappa shape index (κ3) is 5.68. The molecule has 3 N–H and O–H groups in total. The lowest BCUT2D eigenvalue weighted by Gasteiger charge is -2.34. The van der Waals surface area contributed by atoms with Gasteiger partial charge in [0.15, 0.2) is 11.6 Å². The van der Waals surface area contributed by atoms with Crippen molar-refractivity contribution in [3.8, 4) is 11.1 Å². The minimum Gasteiger partial charge on any atom is -0.337 e. The minimum atomic E-state index is -1.01. The summed E-state index contributed by atoms with van der Waals surface area (Å²) in [6.07, 6.45) is 5.20. The van der Waals surface area contributed by atoms with Gasteiger partial charge in [0.1, 0.15) is 0 Å². The summed E-state index contributed by atoms with van der Waals surface area (Å²) in [4.78, 5) is 16.6. The zero-order chi connectivity index (χ0) is 23.0. The van der Waals surface area contributed by atoms with Gasteiger partial charge < -0.3 is 16.0 Å². The third-order valence-corrected chi connectivity index (χ3v) is 5.79. The standard InChI is InChI=1S/C25H28F2N4O/c1-3-25(12-14-28-2,17-30-24(32)31-21-10-11-22(26)23(27)15-21)20-8-6-18(7-9-20)19-5-4-13-29-16-19/h4-11,13,15-16,28H,3,12,14,17H2,1-2H3,(H2,30,31,32). The van der Waals surface area contributed by atoms with Crippen LogP contribution in [0.1, 0.15) is 25.3 Å². The summed E-state index contributed by atoms with van der Waals surface area (Å²) >= 11 is 0. The highest BCUT2D eigenvalue weighted by Gasteiger charge is 2.30. The van der Waals surface area contributed by atoms with Crippen molar-refractivity contribution in [2.45, 2.75) is 25.2 Å². The van der Waals surface area contributed by atoms with E-state index in [0.717, 1.165) is 48.2 Å². The van der Waals surface area contributed by atoms with E-state index in [1.54, 1.807) is 6.20 Å². The Kier molecular flexibility index (Phi) is 7.89. The van der Waals surface area contributed by atoms with Crippen LogP contribution in [0.25, 0.3) is 11.1 Å². The number of urea groups is 1. The normalized spacial score (nSPS) is 12.8. The van der Waals surface area contributed by atoms with Crippen molar-refractivity contribution >= 4 is 11.7 Å². The second-order valence-electron chi connectivity index (χ2n) is 7.74. The highest BCUT2D eigenvalue weighted by atomic mass is 19.2. The molecule has 0 aliphatic heterocycles. The Morgan fingerprint density at radius 1 is 1.03 bits per heavy atom. The molecule has 1 atom stereocenters. The molecule has 1 heterocycles. The van der Waals surface area contributed by atoms with Crippen molar-refractivity contribution in [2.24, 2.45) is 0 Å². The maximum atomic E-state index is 13.4. The number of carbonyl (C=O) groups excluding carboxylic acids is 1. The summed E-state index contributed by atoms with van der Waals surface area (Å²) in [6, 6.07) is 15.0. The van der Waals surface area contributed by atoms with Crippen LogP contribution >= 0.6 is 0 Å². The molecule has 0 aliphatic carbocycles. The Balaban J connectivity index is 1.75. The summed E-state index contributed by atoms with van der Waals surface area (Å²) < 4.78 is 26.5. The van der Waals surface area contributed by atoms with Crippen LogP contribution in [0.5, 0.6) is 0 Å². The highest BCUT2D eigenvalue weighted by molar-refractivity contribution is 5.89. The first-order valence-electron chi connectivity index (χ1n) is 10.6. The Bertz CT molecular complexity index is 1030. The maximum absolute atomic E-state index is 13.4. The summed E-state index contributed by atoms with van der Waals surface area (Å²) in [5.74, 6) is -1.96. The lowest BCUT2D eigenvalue weighted by molar-refractivity contribution is 0.246. The second kappa shape index (κ2) is 10.8. The van der Waals surface area contributed by atoms with E-state index in [4.69, 9.17) is 0 Å². The fraction of sp³-hybridized carbons (Fsp3) is 0.280. The lowest BCUT2D eigenvalue weighted by Crippen LogP contribution is -2.43. The van der Waals surface area contributed by atoms with Gasteiger partial charge in [0.2, 0.25) is 0 Å². The first-order valence-corrected chi connectivity index (χ1v) is 10.6. The van der Waals surface area contributed by atoms with Crippen molar-refractivity contribution in [1.82, 2.24) is 15.6 Å². The number of amides is 2. The van der Waals surface area contributed by atoms with Crippen molar-refractivity contribution in [2.75, 3.05) is 25.5 Å². The first kappa shape index (κ1) is 23.3. The van der Waals surface area contributed by atoms with Crippen LogP contribution in [0, 0.1) is 11.6 Å². The van der Waals surface area contributed by atoms with Gasteiger partial charge in [-0.05, 0) is 61.3 Å². The maximum Gasteiger partial charge on any atom is 0.319 e. The number of carbonyl (C=O) groups is 1. The molecule has 168 valence electrons. The minimum absolute atomic E-state index is 0.194. The topological polar surface area (TPSA) is 66.0 Å². The molecule has 3 aromatic rings. The number of nitrogens with one attached hydrogen (secondary N) is 3. The Morgan fingerprint density at radius 2 is 1.81 bits per heavy atom. The summed E-state index contributed by atoms with van der Waals surface area (Å²) in [5.41, 5.74) is 3.14. The molecule has 2 aromatic carbocycles. The molecule has 5 nitrogen and oxygen atoms in total. The van der Waals surface area contributed by atoms with Crippen LogP contribution in [0.2, 0.25) is 0 Å². The smallest absolute Gasteiger partial charge is 0.319 e. The molecule has 0 saturated heterocycles. The number of rotatable bonds is 9. The Labute approximate surface area is 187 Å². The average Bonchev–Trinajstić information content (AvgIpc) is 2.83. The van der Waals surface area contributed by atoms with Crippen LogP contribution in [0.15, 0.2) is 67.0 Å². The molecule has 3 rings (SSSR count). The van der Waals surface area contributed by atoms with Gasteiger partial charge in [0.25, 0.3) is 0 Å². The molecule has 0 saturated carbocycles. The molecule has 0 bridgehead atoms. The fourth-order valence-corrected chi connectivity index (χ4v) is 3.75.